The van der Waals surface area contributed by atoms with E-state index >= 15 is 0 Å². The summed E-state index contributed by atoms with van der Waals surface area (Å²) in [6.45, 7) is 0. The van der Waals surface area contributed by atoms with Gasteiger partial charge in [0.2, 0.25) is 0 Å². The second-order valence-corrected chi connectivity index (χ2v) is 7.63. The molecular formula is C26H25FO4. The third kappa shape index (κ3) is 4.71. The van der Waals surface area contributed by atoms with Crippen LogP contribution in [0.4, 0.5) is 4.39 Å². The van der Waals surface area contributed by atoms with Crippen molar-refractivity contribution in [3.05, 3.63) is 83.2 Å². The Hall–Kier alpha value is -3.34. The third-order valence-electron chi connectivity index (χ3n) is 5.69. The highest BCUT2D eigenvalue weighted by Crippen LogP contribution is 2.36. The standard InChI is InChI=1S/C26H25FO4/c1-29-21-11-12-23(27)22(16-21)18-6-8-19(9-7-18)24-13-10-20-5-3-17(15-25(20)31-24)4-14-26(28)30-2/h3,5-9,11-12,15-16,24H,4,10,13-14H2,1-2H3/t24-/m1/s1. The predicted molar refractivity (Wildman–Crippen MR) is 117 cm³/mol. The first-order valence-electron chi connectivity index (χ1n) is 10.4. The van der Waals surface area contributed by atoms with Crippen LogP contribution in [0.25, 0.3) is 11.1 Å². The number of esters is 1. The topological polar surface area (TPSA) is 44.8 Å². The van der Waals surface area contributed by atoms with Gasteiger partial charge in [-0.25, -0.2) is 4.39 Å². The molecule has 0 saturated heterocycles. The molecule has 0 aliphatic carbocycles. The summed E-state index contributed by atoms with van der Waals surface area (Å²) in [5, 5.41) is 0. The predicted octanol–water partition coefficient (Wildman–Crippen LogP) is 5.67. The van der Waals surface area contributed by atoms with Gasteiger partial charge >= 0.3 is 5.97 Å². The molecule has 3 aromatic carbocycles. The summed E-state index contributed by atoms with van der Waals surface area (Å²) in [6, 6.07) is 18.7. The largest absolute Gasteiger partial charge is 0.497 e. The molecule has 1 heterocycles. The minimum absolute atomic E-state index is 0.0624. The quantitative estimate of drug-likeness (QED) is 0.482. The molecule has 0 spiro atoms. The maximum absolute atomic E-state index is 14.3. The SMILES string of the molecule is COC(=O)CCc1ccc2c(c1)O[C@@H](c1ccc(-c3cc(OC)ccc3F)cc1)CC2. The minimum atomic E-state index is -0.282. The average Bonchev–Trinajstić information content (AvgIpc) is 2.82. The van der Waals surface area contributed by atoms with E-state index in [1.54, 1.807) is 19.2 Å². The second-order valence-electron chi connectivity index (χ2n) is 7.63. The van der Waals surface area contributed by atoms with Gasteiger partial charge in [-0.05, 0) is 65.8 Å². The molecule has 1 atom stereocenters. The molecule has 0 amide bonds. The Bertz CT molecular complexity index is 1080. The lowest BCUT2D eigenvalue weighted by Gasteiger charge is -2.27. The fourth-order valence-electron chi connectivity index (χ4n) is 3.88. The van der Waals surface area contributed by atoms with Crippen molar-refractivity contribution in [3.8, 4) is 22.6 Å². The van der Waals surface area contributed by atoms with E-state index in [0.29, 0.717) is 24.2 Å². The van der Waals surface area contributed by atoms with E-state index in [4.69, 9.17) is 14.2 Å². The Balaban J connectivity index is 1.50. The zero-order valence-corrected chi connectivity index (χ0v) is 17.7. The van der Waals surface area contributed by atoms with E-state index in [1.165, 1.54) is 18.7 Å². The fourth-order valence-corrected chi connectivity index (χ4v) is 3.88. The van der Waals surface area contributed by atoms with Crippen molar-refractivity contribution in [2.75, 3.05) is 14.2 Å². The van der Waals surface area contributed by atoms with Gasteiger partial charge < -0.3 is 14.2 Å². The number of rotatable bonds is 6. The molecule has 0 bridgehead atoms. The van der Waals surface area contributed by atoms with E-state index in [9.17, 15) is 9.18 Å². The molecule has 0 fully saturated rings. The highest BCUT2D eigenvalue weighted by Gasteiger charge is 2.22. The second kappa shape index (κ2) is 9.21. The number of aryl methyl sites for hydroxylation is 2. The van der Waals surface area contributed by atoms with Gasteiger partial charge in [-0.2, -0.15) is 0 Å². The maximum atomic E-state index is 14.3. The lowest BCUT2D eigenvalue weighted by Crippen LogP contribution is -2.15. The summed E-state index contributed by atoms with van der Waals surface area (Å²) in [4.78, 5) is 11.4. The van der Waals surface area contributed by atoms with Crippen LogP contribution < -0.4 is 9.47 Å². The lowest BCUT2D eigenvalue weighted by atomic mass is 9.94. The zero-order chi connectivity index (χ0) is 21.8. The van der Waals surface area contributed by atoms with Crippen molar-refractivity contribution in [2.45, 2.75) is 31.8 Å². The Morgan fingerprint density at radius 3 is 2.61 bits per heavy atom. The van der Waals surface area contributed by atoms with Crippen molar-refractivity contribution in [2.24, 2.45) is 0 Å². The Morgan fingerprint density at radius 2 is 1.87 bits per heavy atom. The molecule has 0 N–H and O–H groups in total. The van der Waals surface area contributed by atoms with Gasteiger partial charge in [-0.1, -0.05) is 36.4 Å². The minimum Gasteiger partial charge on any atom is -0.497 e. The van der Waals surface area contributed by atoms with Gasteiger partial charge in [0.1, 0.15) is 23.4 Å². The first-order chi connectivity index (χ1) is 15.1. The smallest absolute Gasteiger partial charge is 0.305 e. The molecule has 0 aromatic heterocycles. The molecular weight excluding hydrogens is 395 g/mol. The van der Waals surface area contributed by atoms with Gasteiger partial charge in [0.15, 0.2) is 0 Å². The van der Waals surface area contributed by atoms with Crippen molar-refractivity contribution in [1.29, 1.82) is 0 Å². The summed E-state index contributed by atoms with van der Waals surface area (Å²) in [6.07, 6.45) is 2.70. The van der Waals surface area contributed by atoms with Gasteiger partial charge in [-0.15, -0.1) is 0 Å². The third-order valence-corrected chi connectivity index (χ3v) is 5.69. The molecule has 0 saturated carbocycles. The van der Waals surface area contributed by atoms with Crippen LogP contribution in [0.1, 0.15) is 35.6 Å². The Labute approximate surface area is 181 Å². The first kappa shape index (κ1) is 20.9. The normalized spacial score (nSPS) is 15.0. The van der Waals surface area contributed by atoms with Crippen LogP contribution in [-0.4, -0.2) is 20.2 Å². The highest BCUT2D eigenvalue weighted by molar-refractivity contribution is 5.69. The number of fused-ring (bicyclic) bond motifs is 1. The summed E-state index contributed by atoms with van der Waals surface area (Å²) in [5.41, 5.74) is 4.58. The molecule has 3 aromatic rings. The van der Waals surface area contributed by atoms with E-state index in [0.717, 1.165) is 35.3 Å². The van der Waals surface area contributed by atoms with Gasteiger partial charge in [-0.3, -0.25) is 4.79 Å². The van der Waals surface area contributed by atoms with Crippen LogP contribution in [-0.2, 0) is 22.4 Å². The maximum Gasteiger partial charge on any atom is 0.305 e. The first-order valence-corrected chi connectivity index (χ1v) is 10.4. The fraction of sp³-hybridized carbons (Fsp3) is 0.269. The van der Waals surface area contributed by atoms with Crippen LogP contribution in [0.3, 0.4) is 0 Å². The monoisotopic (exact) mass is 420 g/mol. The number of hydrogen-bond donors (Lipinski definition) is 0. The van der Waals surface area contributed by atoms with E-state index in [1.807, 2.05) is 36.4 Å². The van der Waals surface area contributed by atoms with Gasteiger partial charge in [0.05, 0.1) is 14.2 Å². The summed E-state index contributed by atoms with van der Waals surface area (Å²) < 4.78 is 30.5. The summed E-state index contributed by atoms with van der Waals surface area (Å²) >= 11 is 0. The number of halogens is 1. The van der Waals surface area contributed by atoms with Crippen LogP contribution in [0.5, 0.6) is 11.5 Å². The van der Waals surface area contributed by atoms with Gasteiger partial charge in [0, 0.05) is 12.0 Å². The molecule has 1 aliphatic heterocycles. The van der Waals surface area contributed by atoms with Crippen LogP contribution in [0.2, 0.25) is 0 Å². The average molecular weight is 420 g/mol. The molecule has 5 heteroatoms. The van der Waals surface area contributed by atoms with Gasteiger partial charge in [0.25, 0.3) is 0 Å². The van der Waals surface area contributed by atoms with Crippen molar-refractivity contribution in [3.63, 3.8) is 0 Å². The molecule has 31 heavy (non-hydrogen) atoms. The molecule has 0 unspecified atom stereocenters. The van der Waals surface area contributed by atoms with Crippen molar-refractivity contribution >= 4 is 5.97 Å². The lowest BCUT2D eigenvalue weighted by molar-refractivity contribution is -0.140. The Kier molecular flexibility index (Phi) is 6.21. The van der Waals surface area contributed by atoms with E-state index < -0.39 is 0 Å². The number of carbonyl (C=O) groups excluding carboxylic acids is 1. The number of methoxy groups -OCH3 is 2. The molecule has 4 rings (SSSR count). The summed E-state index contributed by atoms with van der Waals surface area (Å²) in [5.74, 6) is 0.984. The summed E-state index contributed by atoms with van der Waals surface area (Å²) in [7, 11) is 2.97. The number of carbonyl (C=O) groups is 1. The highest BCUT2D eigenvalue weighted by atomic mass is 19.1. The molecule has 4 nitrogen and oxygen atoms in total. The number of ether oxygens (including phenoxy) is 3. The van der Waals surface area contributed by atoms with Crippen LogP contribution in [0.15, 0.2) is 60.7 Å². The Morgan fingerprint density at radius 1 is 1.06 bits per heavy atom. The molecule has 1 aliphatic rings. The van der Waals surface area contributed by atoms with Crippen molar-refractivity contribution in [1.82, 2.24) is 0 Å². The molecule has 160 valence electrons. The van der Waals surface area contributed by atoms with E-state index in [2.05, 4.69) is 6.07 Å². The number of benzene rings is 3. The molecule has 0 radical (unpaired) electrons. The van der Waals surface area contributed by atoms with Crippen molar-refractivity contribution < 1.29 is 23.4 Å². The van der Waals surface area contributed by atoms with E-state index in [-0.39, 0.29) is 17.9 Å². The zero-order valence-electron chi connectivity index (χ0n) is 17.7. The van der Waals surface area contributed by atoms with Crippen LogP contribution >= 0.6 is 0 Å². The number of hydrogen-bond acceptors (Lipinski definition) is 4. The van der Waals surface area contributed by atoms with Crippen LogP contribution in [0, 0.1) is 5.82 Å².